The van der Waals surface area contributed by atoms with Gasteiger partial charge in [0, 0.05) is 5.56 Å². The van der Waals surface area contributed by atoms with Crippen LogP contribution in [0.5, 0.6) is 5.75 Å². The van der Waals surface area contributed by atoms with Crippen molar-refractivity contribution >= 4 is 0 Å². The number of hydrogen-bond acceptors (Lipinski definition) is 2. The summed E-state index contributed by atoms with van der Waals surface area (Å²) >= 11 is 0. The molecule has 0 amide bonds. The zero-order valence-electron chi connectivity index (χ0n) is 6.55. The largest absolute Gasteiger partial charge is 0.508 e. The van der Waals surface area contributed by atoms with Crippen LogP contribution >= 0.6 is 0 Å². The number of halogens is 3. The summed E-state index contributed by atoms with van der Waals surface area (Å²) in [5.41, 5.74) is 4.58. The summed E-state index contributed by atoms with van der Waals surface area (Å²) in [4.78, 5) is 0. The Labute approximate surface area is 72.8 Å². The number of alkyl halides is 3. The predicted molar refractivity (Wildman–Crippen MR) is 41.1 cm³/mol. The fourth-order valence-corrected chi connectivity index (χ4v) is 0.927. The summed E-state index contributed by atoms with van der Waals surface area (Å²) in [5, 5.41) is 9.06. The summed E-state index contributed by atoms with van der Waals surface area (Å²) in [6.07, 6.45) is -4.53. The molecule has 2 nitrogen and oxygen atoms in total. The molecule has 3 N–H and O–H groups in total. The highest BCUT2D eigenvalue weighted by Gasteiger charge is 2.38. The molecule has 0 saturated carbocycles. The lowest BCUT2D eigenvalue weighted by molar-refractivity contribution is -0.149. The van der Waals surface area contributed by atoms with Crippen molar-refractivity contribution in [2.24, 2.45) is 5.73 Å². The number of hydrogen-bond donors (Lipinski definition) is 2. The minimum atomic E-state index is -4.53. The molecule has 0 aromatic heterocycles. The second-order valence-corrected chi connectivity index (χ2v) is 2.58. The molecule has 1 aromatic carbocycles. The van der Waals surface area contributed by atoms with Crippen LogP contribution in [0.4, 0.5) is 13.2 Å². The van der Waals surface area contributed by atoms with E-state index in [9.17, 15) is 13.2 Å². The summed E-state index contributed by atoms with van der Waals surface area (Å²) in [5.74, 6) is -0.438. The van der Waals surface area contributed by atoms with Gasteiger partial charge in [-0.2, -0.15) is 13.2 Å². The Bertz CT molecular complexity index is 298. The highest BCUT2D eigenvalue weighted by Crippen LogP contribution is 2.34. The molecular formula is C8H8F3NO. The van der Waals surface area contributed by atoms with Crippen LogP contribution in [0.3, 0.4) is 0 Å². The van der Waals surface area contributed by atoms with Crippen LogP contribution in [0.2, 0.25) is 0 Å². The smallest absolute Gasteiger partial charge is 0.407 e. The van der Waals surface area contributed by atoms with Gasteiger partial charge in [0.05, 0.1) is 0 Å². The van der Waals surface area contributed by atoms with Crippen molar-refractivity contribution in [3.8, 4) is 5.75 Å². The van der Waals surface area contributed by atoms with Crippen LogP contribution < -0.4 is 5.73 Å². The van der Waals surface area contributed by atoms with Gasteiger partial charge in [0.25, 0.3) is 0 Å². The first-order valence-corrected chi connectivity index (χ1v) is 3.53. The van der Waals surface area contributed by atoms with Crippen LogP contribution in [0.25, 0.3) is 0 Å². The molecule has 0 aliphatic heterocycles. The first kappa shape index (κ1) is 9.85. The number of phenols is 1. The van der Waals surface area contributed by atoms with Crippen LogP contribution in [-0.4, -0.2) is 11.3 Å². The molecule has 0 heterocycles. The molecule has 0 saturated heterocycles. The average Bonchev–Trinajstić information content (AvgIpc) is 2.02. The molecule has 5 heteroatoms. The van der Waals surface area contributed by atoms with E-state index in [0.717, 1.165) is 6.07 Å². The van der Waals surface area contributed by atoms with Gasteiger partial charge in [-0.15, -0.1) is 0 Å². The maximum Gasteiger partial charge on any atom is 0.407 e. The Morgan fingerprint density at radius 2 is 1.77 bits per heavy atom. The van der Waals surface area contributed by atoms with Gasteiger partial charge in [0.2, 0.25) is 0 Å². The third-order valence-corrected chi connectivity index (χ3v) is 1.62. The molecule has 1 atom stereocenters. The Kier molecular flexibility index (Phi) is 2.47. The topological polar surface area (TPSA) is 46.2 Å². The third-order valence-electron chi connectivity index (χ3n) is 1.62. The molecule has 0 aliphatic rings. The lowest BCUT2D eigenvalue weighted by Crippen LogP contribution is -2.28. The first-order valence-electron chi connectivity index (χ1n) is 3.53. The second kappa shape index (κ2) is 3.26. The van der Waals surface area contributed by atoms with Crippen molar-refractivity contribution in [1.29, 1.82) is 0 Å². The molecule has 1 rings (SSSR count). The SMILES string of the molecule is NC(c1ccccc1O)C(F)(F)F. The predicted octanol–water partition coefficient (Wildman–Crippen LogP) is 1.95. The minimum Gasteiger partial charge on any atom is -0.508 e. The molecule has 13 heavy (non-hydrogen) atoms. The minimum absolute atomic E-state index is 0.310. The molecule has 1 aromatic rings. The standard InChI is InChI=1S/C8H8F3NO/c9-8(10,11)7(12)5-3-1-2-4-6(5)13/h1-4,7,13H,12H2. The number of rotatable bonds is 1. The number of aromatic hydroxyl groups is 1. The van der Waals surface area contributed by atoms with E-state index in [-0.39, 0.29) is 5.56 Å². The third kappa shape index (κ3) is 2.12. The number of phenolic OH excluding ortho intramolecular Hbond substituents is 1. The van der Waals surface area contributed by atoms with Gasteiger partial charge < -0.3 is 10.8 Å². The quantitative estimate of drug-likeness (QED) is 0.712. The highest BCUT2D eigenvalue weighted by atomic mass is 19.4. The fourth-order valence-electron chi connectivity index (χ4n) is 0.927. The maximum atomic E-state index is 12.1. The summed E-state index contributed by atoms with van der Waals surface area (Å²) in [6.45, 7) is 0. The second-order valence-electron chi connectivity index (χ2n) is 2.58. The number of nitrogens with two attached hydrogens (primary N) is 1. The van der Waals surface area contributed by atoms with Crippen LogP contribution in [0, 0.1) is 0 Å². The average molecular weight is 191 g/mol. The normalized spacial score (nSPS) is 14.2. The van der Waals surface area contributed by atoms with Crippen LogP contribution in [-0.2, 0) is 0 Å². The van der Waals surface area contributed by atoms with E-state index in [2.05, 4.69) is 0 Å². The molecular weight excluding hydrogens is 183 g/mol. The summed E-state index contributed by atoms with van der Waals surface area (Å²) < 4.78 is 36.2. The zero-order chi connectivity index (χ0) is 10.1. The maximum absolute atomic E-state index is 12.1. The number of para-hydroxylation sites is 1. The van der Waals surface area contributed by atoms with E-state index < -0.39 is 18.0 Å². The fraction of sp³-hybridized carbons (Fsp3) is 0.250. The first-order chi connectivity index (χ1) is 5.93. The van der Waals surface area contributed by atoms with Gasteiger partial charge in [-0.1, -0.05) is 18.2 Å². The van der Waals surface area contributed by atoms with Gasteiger partial charge in [-0.3, -0.25) is 0 Å². The number of benzene rings is 1. The Hall–Kier alpha value is -1.23. The van der Waals surface area contributed by atoms with Crippen molar-refractivity contribution in [3.05, 3.63) is 29.8 Å². The van der Waals surface area contributed by atoms with E-state index in [1.165, 1.54) is 18.2 Å². The van der Waals surface area contributed by atoms with E-state index in [0.29, 0.717) is 0 Å². The zero-order valence-corrected chi connectivity index (χ0v) is 6.55. The summed E-state index contributed by atoms with van der Waals surface area (Å²) in [7, 11) is 0. The van der Waals surface area contributed by atoms with Crippen molar-refractivity contribution < 1.29 is 18.3 Å². The van der Waals surface area contributed by atoms with E-state index in [1.54, 1.807) is 0 Å². The van der Waals surface area contributed by atoms with Crippen molar-refractivity contribution in [2.45, 2.75) is 12.2 Å². The molecule has 0 spiro atoms. The van der Waals surface area contributed by atoms with Crippen molar-refractivity contribution in [1.82, 2.24) is 0 Å². The monoisotopic (exact) mass is 191 g/mol. The van der Waals surface area contributed by atoms with E-state index in [4.69, 9.17) is 10.8 Å². The molecule has 0 aliphatic carbocycles. The molecule has 0 radical (unpaired) electrons. The van der Waals surface area contributed by atoms with E-state index in [1.807, 2.05) is 0 Å². The van der Waals surface area contributed by atoms with E-state index >= 15 is 0 Å². The molecule has 72 valence electrons. The van der Waals surface area contributed by atoms with Gasteiger partial charge in [-0.05, 0) is 6.07 Å². The van der Waals surface area contributed by atoms with Crippen LogP contribution in [0.15, 0.2) is 24.3 Å². The Morgan fingerprint density at radius 1 is 1.23 bits per heavy atom. The Balaban J connectivity index is 3.02. The van der Waals surface area contributed by atoms with Gasteiger partial charge in [0.15, 0.2) is 0 Å². The molecule has 1 unspecified atom stereocenters. The van der Waals surface area contributed by atoms with Gasteiger partial charge in [0.1, 0.15) is 11.8 Å². The van der Waals surface area contributed by atoms with Gasteiger partial charge in [-0.25, -0.2) is 0 Å². The molecule has 0 fully saturated rings. The highest BCUT2D eigenvalue weighted by molar-refractivity contribution is 5.34. The molecule has 0 bridgehead atoms. The van der Waals surface area contributed by atoms with Crippen molar-refractivity contribution in [3.63, 3.8) is 0 Å². The Morgan fingerprint density at radius 3 is 2.23 bits per heavy atom. The lowest BCUT2D eigenvalue weighted by atomic mass is 10.1. The van der Waals surface area contributed by atoms with Crippen LogP contribution in [0.1, 0.15) is 11.6 Å². The lowest BCUT2D eigenvalue weighted by Gasteiger charge is -2.16. The van der Waals surface area contributed by atoms with Gasteiger partial charge >= 0.3 is 6.18 Å². The summed E-state index contributed by atoms with van der Waals surface area (Å²) in [6, 6.07) is 3.01. The van der Waals surface area contributed by atoms with Crippen molar-refractivity contribution in [2.75, 3.05) is 0 Å².